The highest BCUT2D eigenvalue weighted by Crippen LogP contribution is 2.26. The second-order valence-corrected chi connectivity index (χ2v) is 5.75. The van der Waals surface area contributed by atoms with Crippen LogP contribution in [0.2, 0.25) is 10.0 Å². The second kappa shape index (κ2) is 6.57. The highest BCUT2D eigenvalue weighted by Gasteiger charge is 2.11. The predicted octanol–water partition coefficient (Wildman–Crippen LogP) is 5.25. The van der Waals surface area contributed by atoms with Gasteiger partial charge in [0.25, 0.3) is 0 Å². The van der Waals surface area contributed by atoms with E-state index in [1.54, 1.807) is 6.07 Å². The van der Waals surface area contributed by atoms with Crippen LogP contribution in [0.1, 0.15) is 10.4 Å². The first-order valence-corrected chi connectivity index (χ1v) is 7.27. The van der Waals surface area contributed by atoms with Gasteiger partial charge < -0.3 is 0 Å². The number of carbonyl (C=O) groups excluding carboxylic acids is 1. The van der Waals surface area contributed by atoms with Crippen LogP contribution in [0.3, 0.4) is 0 Å². The van der Waals surface area contributed by atoms with E-state index < -0.39 is 11.6 Å². The molecule has 0 saturated heterocycles. The molecule has 0 saturated carbocycles. The molecule has 0 fully saturated rings. The van der Waals surface area contributed by atoms with Crippen LogP contribution in [-0.2, 0) is 0 Å². The third-order valence-electron chi connectivity index (χ3n) is 2.49. The zero-order chi connectivity index (χ0) is 14.7. The van der Waals surface area contributed by atoms with Gasteiger partial charge >= 0.3 is 0 Å². The van der Waals surface area contributed by atoms with Crippen molar-refractivity contribution >= 4 is 40.7 Å². The Hall–Kier alpha value is -1.10. The molecular formula is C14H8Cl2F2OS. The molecular weight excluding hydrogens is 325 g/mol. The molecule has 0 bridgehead atoms. The normalized spacial score (nSPS) is 10.6. The van der Waals surface area contributed by atoms with Crippen molar-refractivity contribution in [1.29, 1.82) is 0 Å². The smallest absolute Gasteiger partial charge is 0.173 e. The first kappa shape index (κ1) is 15.3. The van der Waals surface area contributed by atoms with Gasteiger partial charge in [-0.15, -0.1) is 11.8 Å². The molecule has 6 heteroatoms. The number of thioether (sulfide) groups is 1. The Labute approximate surface area is 128 Å². The van der Waals surface area contributed by atoms with Gasteiger partial charge in [0.05, 0.1) is 15.8 Å². The van der Waals surface area contributed by atoms with Crippen molar-refractivity contribution in [1.82, 2.24) is 0 Å². The molecule has 0 spiro atoms. The number of rotatable bonds is 4. The van der Waals surface area contributed by atoms with Crippen molar-refractivity contribution in [3.63, 3.8) is 0 Å². The summed E-state index contributed by atoms with van der Waals surface area (Å²) >= 11 is 12.6. The summed E-state index contributed by atoms with van der Waals surface area (Å²) < 4.78 is 26.2. The minimum atomic E-state index is -0.683. The van der Waals surface area contributed by atoms with Crippen molar-refractivity contribution < 1.29 is 13.6 Å². The summed E-state index contributed by atoms with van der Waals surface area (Å²) in [6.45, 7) is 0. The van der Waals surface area contributed by atoms with Gasteiger partial charge in [0, 0.05) is 16.5 Å². The first-order valence-electron chi connectivity index (χ1n) is 5.53. The van der Waals surface area contributed by atoms with E-state index in [-0.39, 0.29) is 21.5 Å². The minimum absolute atomic E-state index is 0.0283. The molecule has 0 radical (unpaired) electrons. The summed E-state index contributed by atoms with van der Waals surface area (Å²) in [5, 5.41) is 0.649. The van der Waals surface area contributed by atoms with Gasteiger partial charge in [-0.05, 0) is 30.3 Å². The van der Waals surface area contributed by atoms with Crippen molar-refractivity contribution in [3.8, 4) is 0 Å². The molecule has 20 heavy (non-hydrogen) atoms. The van der Waals surface area contributed by atoms with Gasteiger partial charge in [-0.1, -0.05) is 23.2 Å². The quantitative estimate of drug-likeness (QED) is 0.562. The topological polar surface area (TPSA) is 17.1 Å². The molecule has 0 aliphatic rings. The standard InChI is InChI=1S/C14H8Cl2F2OS/c15-10-3-1-8(5-11(10)16)13(19)7-20-14-4-2-9(17)6-12(14)18/h1-6H,7H2. The summed E-state index contributed by atoms with van der Waals surface area (Å²) in [6.07, 6.45) is 0. The molecule has 0 amide bonds. The molecule has 0 aromatic heterocycles. The number of hydrogen-bond donors (Lipinski definition) is 0. The number of hydrogen-bond acceptors (Lipinski definition) is 2. The fraction of sp³-hybridized carbons (Fsp3) is 0.0714. The van der Waals surface area contributed by atoms with E-state index in [9.17, 15) is 13.6 Å². The van der Waals surface area contributed by atoms with Gasteiger partial charge in [-0.2, -0.15) is 0 Å². The van der Waals surface area contributed by atoms with Gasteiger partial charge in [0.2, 0.25) is 0 Å². The maximum atomic E-state index is 13.4. The Bertz CT molecular complexity index is 662. The van der Waals surface area contributed by atoms with E-state index in [0.29, 0.717) is 10.6 Å². The molecule has 2 aromatic carbocycles. The highest BCUT2D eigenvalue weighted by atomic mass is 35.5. The lowest BCUT2D eigenvalue weighted by molar-refractivity contribution is 0.102. The van der Waals surface area contributed by atoms with Gasteiger partial charge in [-0.25, -0.2) is 8.78 Å². The lowest BCUT2D eigenvalue weighted by atomic mass is 10.1. The van der Waals surface area contributed by atoms with Crippen LogP contribution in [-0.4, -0.2) is 11.5 Å². The number of benzene rings is 2. The summed E-state index contributed by atoms with van der Waals surface area (Å²) in [7, 11) is 0. The molecule has 0 aliphatic carbocycles. The van der Waals surface area contributed by atoms with E-state index in [1.807, 2.05) is 0 Å². The van der Waals surface area contributed by atoms with E-state index in [0.717, 1.165) is 23.9 Å². The predicted molar refractivity (Wildman–Crippen MR) is 77.9 cm³/mol. The molecule has 1 nitrogen and oxygen atoms in total. The first-order chi connectivity index (χ1) is 9.47. The third-order valence-corrected chi connectivity index (χ3v) is 4.28. The molecule has 2 rings (SSSR count). The fourth-order valence-electron chi connectivity index (χ4n) is 1.49. The molecule has 0 aliphatic heterocycles. The Balaban J connectivity index is 2.06. The van der Waals surface area contributed by atoms with Crippen LogP contribution >= 0.6 is 35.0 Å². The van der Waals surface area contributed by atoms with Crippen LogP contribution in [0.5, 0.6) is 0 Å². The molecule has 0 heterocycles. The molecule has 2 aromatic rings. The van der Waals surface area contributed by atoms with Gasteiger partial charge in [0.15, 0.2) is 5.78 Å². The highest BCUT2D eigenvalue weighted by molar-refractivity contribution is 8.00. The fourth-order valence-corrected chi connectivity index (χ4v) is 2.60. The van der Waals surface area contributed by atoms with E-state index in [1.165, 1.54) is 18.2 Å². The van der Waals surface area contributed by atoms with E-state index >= 15 is 0 Å². The summed E-state index contributed by atoms with van der Waals surface area (Å²) in [6, 6.07) is 7.78. The van der Waals surface area contributed by atoms with Crippen molar-refractivity contribution in [2.45, 2.75) is 4.90 Å². The van der Waals surface area contributed by atoms with Crippen molar-refractivity contribution in [2.24, 2.45) is 0 Å². The van der Waals surface area contributed by atoms with Crippen LogP contribution in [0.25, 0.3) is 0 Å². The zero-order valence-corrected chi connectivity index (χ0v) is 12.3. The Morgan fingerprint density at radius 1 is 1.05 bits per heavy atom. The Morgan fingerprint density at radius 2 is 1.80 bits per heavy atom. The lowest BCUT2D eigenvalue weighted by Gasteiger charge is -2.04. The van der Waals surface area contributed by atoms with Gasteiger partial charge in [0.1, 0.15) is 11.6 Å². The van der Waals surface area contributed by atoms with Crippen LogP contribution < -0.4 is 0 Å². The summed E-state index contributed by atoms with van der Waals surface area (Å²) in [5.74, 6) is -1.52. The van der Waals surface area contributed by atoms with Crippen LogP contribution in [0.15, 0.2) is 41.3 Å². The Kier molecular flexibility index (Phi) is 5.02. The number of Topliss-reactive ketones (excluding diaryl/α,β-unsaturated/α-hetero) is 1. The van der Waals surface area contributed by atoms with E-state index in [2.05, 4.69) is 0 Å². The molecule has 104 valence electrons. The van der Waals surface area contributed by atoms with Crippen molar-refractivity contribution in [2.75, 3.05) is 5.75 Å². The summed E-state index contributed by atoms with van der Waals surface area (Å²) in [5.41, 5.74) is 0.398. The molecule has 0 atom stereocenters. The monoisotopic (exact) mass is 332 g/mol. The zero-order valence-electron chi connectivity index (χ0n) is 10.00. The number of halogens is 4. The minimum Gasteiger partial charge on any atom is -0.293 e. The van der Waals surface area contributed by atoms with Gasteiger partial charge in [-0.3, -0.25) is 4.79 Å². The number of carbonyl (C=O) groups is 1. The average molecular weight is 333 g/mol. The Morgan fingerprint density at radius 3 is 2.45 bits per heavy atom. The lowest BCUT2D eigenvalue weighted by Crippen LogP contribution is -2.02. The number of ketones is 1. The third kappa shape index (κ3) is 3.72. The largest absolute Gasteiger partial charge is 0.293 e. The SMILES string of the molecule is O=C(CSc1ccc(F)cc1F)c1ccc(Cl)c(Cl)c1. The maximum Gasteiger partial charge on any atom is 0.173 e. The second-order valence-electron chi connectivity index (χ2n) is 3.92. The molecule has 0 unspecified atom stereocenters. The molecule has 0 N–H and O–H groups in total. The van der Waals surface area contributed by atoms with E-state index in [4.69, 9.17) is 23.2 Å². The maximum absolute atomic E-state index is 13.4. The van der Waals surface area contributed by atoms with Crippen LogP contribution in [0, 0.1) is 11.6 Å². The average Bonchev–Trinajstić information content (AvgIpc) is 2.40. The van der Waals surface area contributed by atoms with Crippen LogP contribution in [0.4, 0.5) is 8.78 Å². The summed E-state index contributed by atoms with van der Waals surface area (Å²) in [4.78, 5) is 12.2. The van der Waals surface area contributed by atoms with Crippen molar-refractivity contribution in [3.05, 3.63) is 63.6 Å².